The first-order valence-corrected chi connectivity index (χ1v) is 9.28. The van der Waals surface area contributed by atoms with Crippen molar-refractivity contribution in [3.8, 4) is 16.9 Å². The Bertz CT molecular complexity index is 1160. The number of methoxy groups -OCH3 is 1. The van der Waals surface area contributed by atoms with Gasteiger partial charge < -0.3 is 14.5 Å². The summed E-state index contributed by atoms with van der Waals surface area (Å²) in [5, 5.41) is 2.73. The number of carbonyl (C=O) groups excluding carboxylic acids is 2. The van der Waals surface area contributed by atoms with Gasteiger partial charge in [0.25, 0.3) is 11.7 Å². The van der Waals surface area contributed by atoms with Crippen LogP contribution in [-0.2, 0) is 11.3 Å². The van der Waals surface area contributed by atoms with E-state index < -0.39 is 11.7 Å². The van der Waals surface area contributed by atoms with Gasteiger partial charge in [-0.2, -0.15) is 0 Å². The van der Waals surface area contributed by atoms with E-state index in [-0.39, 0.29) is 0 Å². The molecule has 2 aromatic carbocycles. The van der Waals surface area contributed by atoms with Crippen molar-refractivity contribution in [1.82, 2.24) is 9.72 Å². The molecule has 0 saturated heterocycles. The number of benzene rings is 2. The number of Topliss-reactive ketones (excluding diaryl/α,β-unsaturated/α-hetero) is 1. The van der Waals surface area contributed by atoms with Gasteiger partial charge in [-0.1, -0.05) is 48.5 Å². The van der Waals surface area contributed by atoms with Gasteiger partial charge in [-0.25, -0.2) is 0 Å². The van der Waals surface area contributed by atoms with Gasteiger partial charge in [-0.15, -0.1) is 0 Å². The van der Waals surface area contributed by atoms with Crippen LogP contribution in [0.3, 0.4) is 0 Å². The number of amides is 1. The highest BCUT2D eigenvalue weighted by atomic mass is 16.5. The summed E-state index contributed by atoms with van der Waals surface area (Å²) in [6.45, 7) is 0.298. The SMILES string of the molecule is COc1ccc(-c2cc3ccccn3c2C(=O)C(=O)NCc2ccccc2)cc1. The number of carbonyl (C=O) groups is 2. The van der Waals surface area contributed by atoms with Crippen LogP contribution in [0.4, 0.5) is 0 Å². The van der Waals surface area contributed by atoms with Crippen molar-refractivity contribution in [3.05, 3.63) is 96.3 Å². The van der Waals surface area contributed by atoms with E-state index in [4.69, 9.17) is 4.74 Å². The average molecular weight is 384 g/mol. The van der Waals surface area contributed by atoms with Crippen molar-refractivity contribution in [2.75, 3.05) is 7.11 Å². The molecule has 29 heavy (non-hydrogen) atoms. The first-order chi connectivity index (χ1) is 14.2. The molecule has 0 spiro atoms. The lowest BCUT2D eigenvalue weighted by Crippen LogP contribution is -2.31. The number of fused-ring (bicyclic) bond motifs is 1. The predicted molar refractivity (Wildman–Crippen MR) is 112 cm³/mol. The van der Waals surface area contributed by atoms with Gasteiger partial charge in [-0.05, 0) is 41.5 Å². The topological polar surface area (TPSA) is 59.8 Å². The van der Waals surface area contributed by atoms with E-state index in [2.05, 4.69) is 5.32 Å². The molecular weight excluding hydrogens is 364 g/mol. The maximum atomic E-state index is 13.1. The third-order valence-corrected chi connectivity index (χ3v) is 4.80. The summed E-state index contributed by atoms with van der Waals surface area (Å²) in [6, 6.07) is 24.5. The van der Waals surface area contributed by atoms with E-state index >= 15 is 0 Å². The summed E-state index contributed by atoms with van der Waals surface area (Å²) in [5.41, 5.74) is 3.67. The van der Waals surface area contributed by atoms with Crippen molar-refractivity contribution in [2.45, 2.75) is 6.54 Å². The second-order valence-corrected chi connectivity index (χ2v) is 6.63. The normalized spacial score (nSPS) is 10.7. The van der Waals surface area contributed by atoms with E-state index in [1.165, 1.54) is 0 Å². The Morgan fingerprint density at radius 2 is 1.66 bits per heavy atom. The highest BCUT2D eigenvalue weighted by molar-refractivity contribution is 6.43. The largest absolute Gasteiger partial charge is 0.497 e. The van der Waals surface area contributed by atoms with Crippen molar-refractivity contribution in [2.24, 2.45) is 0 Å². The molecule has 0 aliphatic rings. The number of hydrogen-bond donors (Lipinski definition) is 1. The molecule has 0 unspecified atom stereocenters. The number of pyridine rings is 1. The van der Waals surface area contributed by atoms with Gasteiger partial charge in [-0.3, -0.25) is 9.59 Å². The number of aromatic nitrogens is 1. The summed E-state index contributed by atoms with van der Waals surface area (Å²) < 4.78 is 6.97. The lowest BCUT2D eigenvalue weighted by Gasteiger charge is -2.08. The molecule has 0 aliphatic heterocycles. The third-order valence-electron chi connectivity index (χ3n) is 4.80. The minimum atomic E-state index is -0.632. The Morgan fingerprint density at radius 3 is 2.38 bits per heavy atom. The molecule has 0 atom stereocenters. The first-order valence-electron chi connectivity index (χ1n) is 9.28. The number of rotatable bonds is 6. The van der Waals surface area contributed by atoms with Gasteiger partial charge in [0.15, 0.2) is 0 Å². The van der Waals surface area contributed by atoms with Crippen LogP contribution in [0, 0.1) is 0 Å². The molecule has 144 valence electrons. The van der Waals surface area contributed by atoms with Crippen molar-refractivity contribution < 1.29 is 14.3 Å². The molecule has 0 fully saturated rings. The molecule has 4 aromatic rings. The standard InChI is InChI=1S/C24H20N2O3/c1-29-20-12-10-18(11-13-20)21-15-19-9-5-6-14-26(19)22(21)23(27)24(28)25-16-17-7-3-2-4-8-17/h2-15H,16H2,1H3,(H,25,28). The zero-order valence-electron chi connectivity index (χ0n) is 16.0. The molecule has 5 heteroatoms. The van der Waals surface area contributed by atoms with Crippen LogP contribution in [-0.4, -0.2) is 23.2 Å². The Kier molecular flexibility index (Phi) is 5.12. The van der Waals surface area contributed by atoms with E-state index in [0.717, 1.165) is 22.4 Å². The number of hydrogen-bond acceptors (Lipinski definition) is 3. The predicted octanol–water partition coefficient (Wildman–Crippen LogP) is 4.11. The van der Waals surface area contributed by atoms with Crippen LogP contribution in [0.25, 0.3) is 16.6 Å². The van der Waals surface area contributed by atoms with Crippen LogP contribution in [0.15, 0.2) is 85.1 Å². The quantitative estimate of drug-likeness (QED) is 0.402. The van der Waals surface area contributed by atoms with E-state index in [0.29, 0.717) is 17.8 Å². The minimum absolute atomic E-state index is 0.298. The van der Waals surface area contributed by atoms with Gasteiger partial charge >= 0.3 is 0 Å². The molecule has 0 saturated carbocycles. The molecule has 0 radical (unpaired) electrons. The van der Waals surface area contributed by atoms with Gasteiger partial charge in [0.05, 0.1) is 7.11 Å². The van der Waals surface area contributed by atoms with Crippen LogP contribution < -0.4 is 10.1 Å². The van der Waals surface area contributed by atoms with Gasteiger partial charge in [0.1, 0.15) is 11.4 Å². The molecular formula is C24H20N2O3. The first kappa shape index (κ1) is 18.5. The molecule has 0 bridgehead atoms. The molecule has 5 nitrogen and oxygen atoms in total. The maximum Gasteiger partial charge on any atom is 0.294 e. The number of nitrogens with one attached hydrogen (secondary N) is 1. The Hall–Kier alpha value is -3.86. The molecule has 0 aliphatic carbocycles. The summed E-state index contributed by atoms with van der Waals surface area (Å²) in [5.74, 6) is -0.476. The zero-order chi connectivity index (χ0) is 20.2. The highest BCUT2D eigenvalue weighted by Crippen LogP contribution is 2.29. The van der Waals surface area contributed by atoms with E-state index in [1.54, 1.807) is 17.7 Å². The Morgan fingerprint density at radius 1 is 0.931 bits per heavy atom. The smallest absolute Gasteiger partial charge is 0.294 e. The number of ether oxygens (including phenoxy) is 1. The second kappa shape index (κ2) is 8.02. The van der Waals surface area contributed by atoms with Crippen LogP contribution >= 0.6 is 0 Å². The molecule has 1 amide bonds. The summed E-state index contributed by atoms with van der Waals surface area (Å²) in [6.07, 6.45) is 1.79. The monoisotopic (exact) mass is 384 g/mol. The zero-order valence-corrected chi connectivity index (χ0v) is 16.0. The molecule has 4 rings (SSSR count). The highest BCUT2D eigenvalue weighted by Gasteiger charge is 2.24. The second-order valence-electron chi connectivity index (χ2n) is 6.63. The van der Waals surface area contributed by atoms with Crippen molar-refractivity contribution in [1.29, 1.82) is 0 Å². The van der Waals surface area contributed by atoms with E-state index in [9.17, 15) is 9.59 Å². The van der Waals surface area contributed by atoms with Gasteiger partial charge in [0.2, 0.25) is 0 Å². The summed E-state index contributed by atoms with van der Waals surface area (Å²) in [4.78, 5) is 25.7. The van der Waals surface area contributed by atoms with E-state index in [1.807, 2.05) is 78.9 Å². The Balaban J connectivity index is 1.69. The molecule has 2 heterocycles. The van der Waals surface area contributed by atoms with Crippen LogP contribution in [0.2, 0.25) is 0 Å². The lowest BCUT2D eigenvalue weighted by molar-refractivity contribution is -0.117. The lowest BCUT2D eigenvalue weighted by atomic mass is 10.0. The fourth-order valence-corrected chi connectivity index (χ4v) is 3.31. The van der Waals surface area contributed by atoms with Crippen molar-refractivity contribution >= 4 is 17.2 Å². The Labute approximate surface area is 168 Å². The maximum absolute atomic E-state index is 13.1. The third kappa shape index (κ3) is 3.75. The van der Waals surface area contributed by atoms with Crippen molar-refractivity contribution in [3.63, 3.8) is 0 Å². The summed E-state index contributed by atoms with van der Waals surface area (Å²) >= 11 is 0. The fraction of sp³-hybridized carbons (Fsp3) is 0.0833. The minimum Gasteiger partial charge on any atom is -0.497 e. The van der Waals surface area contributed by atoms with Crippen LogP contribution in [0.1, 0.15) is 16.1 Å². The molecule has 2 aromatic heterocycles. The number of ketones is 1. The average Bonchev–Trinajstić information content (AvgIpc) is 3.17. The fourth-order valence-electron chi connectivity index (χ4n) is 3.31. The number of nitrogens with zero attached hydrogens (tertiary/aromatic N) is 1. The molecule has 1 N–H and O–H groups in total. The van der Waals surface area contributed by atoms with Crippen LogP contribution in [0.5, 0.6) is 5.75 Å². The van der Waals surface area contributed by atoms with Gasteiger partial charge in [0, 0.05) is 23.8 Å². The summed E-state index contributed by atoms with van der Waals surface area (Å²) in [7, 11) is 1.60.